The molecule has 0 bridgehead atoms. The molecule has 0 aromatic heterocycles. The highest BCUT2D eigenvalue weighted by Crippen LogP contribution is 2.41. The van der Waals surface area contributed by atoms with Crippen molar-refractivity contribution in [3.63, 3.8) is 0 Å². The van der Waals surface area contributed by atoms with Crippen LogP contribution in [0.15, 0.2) is 0 Å². The molecule has 0 aliphatic heterocycles. The lowest BCUT2D eigenvalue weighted by atomic mass is 9.70. The zero-order valence-electron chi connectivity index (χ0n) is 20.8. The van der Waals surface area contributed by atoms with Crippen LogP contribution in [0.25, 0.3) is 0 Å². The van der Waals surface area contributed by atoms with E-state index in [9.17, 15) is 0 Å². The largest absolute Gasteiger partial charge is 0.391 e. The Morgan fingerprint density at radius 2 is 1.30 bits per heavy atom. The lowest BCUT2D eigenvalue weighted by Gasteiger charge is -2.38. The quantitative estimate of drug-likeness (QED) is 0.205. The van der Waals surface area contributed by atoms with E-state index < -0.39 is 9.28 Å². The minimum atomic E-state index is -1.16. The Morgan fingerprint density at radius 3 is 1.83 bits per heavy atom. The monoisotopic (exact) mass is 439 g/mol. The van der Waals surface area contributed by atoms with Gasteiger partial charge in [0.2, 0.25) is 0 Å². The first-order chi connectivity index (χ1) is 14.5. The molecule has 0 heterocycles. The summed E-state index contributed by atoms with van der Waals surface area (Å²) in [5, 5.41) is 0. The summed E-state index contributed by atoms with van der Waals surface area (Å²) in [6.07, 6.45) is 19.2. The topological polar surface area (TPSA) is 27.7 Å². The summed E-state index contributed by atoms with van der Waals surface area (Å²) in [4.78, 5) is 0. The second kappa shape index (κ2) is 15.0. The normalized spacial score (nSPS) is 28.0. The van der Waals surface area contributed by atoms with E-state index in [1.807, 2.05) is 0 Å². The van der Waals surface area contributed by atoms with Crippen LogP contribution in [0.1, 0.15) is 118 Å². The van der Waals surface area contributed by atoms with Crippen molar-refractivity contribution in [3.8, 4) is 0 Å². The maximum atomic E-state index is 6.26. The second-order valence-corrected chi connectivity index (χ2v) is 12.2. The van der Waals surface area contributed by atoms with Crippen molar-refractivity contribution in [1.82, 2.24) is 0 Å². The van der Waals surface area contributed by atoms with Crippen molar-refractivity contribution in [2.75, 3.05) is 6.61 Å². The molecule has 4 heteroatoms. The van der Waals surface area contributed by atoms with Gasteiger partial charge in [-0.1, -0.05) is 45.4 Å². The molecule has 0 aromatic carbocycles. The Hall–Kier alpha value is 0.0969. The number of ether oxygens (including phenoxy) is 1. The van der Waals surface area contributed by atoms with Crippen LogP contribution in [0, 0.1) is 17.8 Å². The van der Waals surface area contributed by atoms with E-state index in [0.29, 0.717) is 6.10 Å². The fraction of sp³-hybridized carbons (Fsp3) is 1.00. The van der Waals surface area contributed by atoms with Crippen LogP contribution in [0.2, 0.25) is 6.04 Å². The number of hydrogen-bond acceptors (Lipinski definition) is 3. The van der Waals surface area contributed by atoms with E-state index in [1.54, 1.807) is 0 Å². The third-order valence-electron chi connectivity index (χ3n) is 7.11. The Kier molecular flexibility index (Phi) is 13.2. The van der Waals surface area contributed by atoms with Crippen LogP contribution < -0.4 is 0 Å². The van der Waals surface area contributed by atoms with Gasteiger partial charge in [0, 0.05) is 18.8 Å². The van der Waals surface area contributed by atoms with E-state index >= 15 is 0 Å². The summed E-state index contributed by atoms with van der Waals surface area (Å²) >= 11 is 0. The van der Waals surface area contributed by atoms with E-state index in [2.05, 4.69) is 34.6 Å². The first kappa shape index (κ1) is 26.4. The molecule has 177 valence electrons. The lowest BCUT2D eigenvalue weighted by molar-refractivity contribution is 0.00628. The third-order valence-corrected chi connectivity index (χ3v) is 9.34. The van der Waals surface area contributed by atoms with E-state index in [0.717, 1.165) is 36.8 Å². The van der Waals surface area contributed by atoms with Crippen molar-refractivity contribution in [3.05, 3.63) is 0 Å². The molecular weight excluding hydrogens is 388 g/mol. The Morgan fingerprint density at radius 1 is 0.733 bits per heavy atom. The van der Waals surface area contributed by atoms with Crippen molar-refractivity contribution in [1.29, 1.82) is 0 Å². The van der Waals surface area contributed by atoms with Gasteiger partial charge in [0.05, 0.1) is 6.10 Å². The molecule has 2 saturated carbocycles. The number of hydrogen-bond donors (Lipinski definition) is 0. The highest BCUT2D eigenvalue weighted by atomic mass is 28.3. The van der Waals surface area contributed by atoms with Gasteiger partial charge in [0.15, 0.2) is 0 Å². The van der Waals surface area contributed by atoms with E-state index in [-0.39, 0.29) is 12.2 Å². The van der Waals surface area contributed by atoms with Crippen LogP contribution in [0.3, 0.4) is 0 Å². The molecule has 0 unspecified atom stereocenters. The van der Waals surface area contributed by atoms with Crippen molar-refractivity contribution in [2.24, 2.45) is 17.8 Å². The van der Waals surface area contributed by atoms with Crippen LogP contribution in [-0.4, -0.2) is 34.2 Å². The van der Waals surface area contributed by atoms with E-state index in [4.69, 9.17) is 13.6 Å². The zero-order chi connectivity index (χ0) is 21.8. The van der Waals surface area contributed by atoms with Crippen LogP contribution in [0.4, 0.5) is 0 Å². The minimum absolute atomic E-state index is 0.250. The fourth-order valence-corrected chi connectivity index (χ4v) is 7.27. The van der Waals surface area contributed by atoms with Gasteiger partial charge in [-0.3, -0.25) is 0 Å². The van der Waals surface area contributed by atoms with Crippen LogP contribution >= 0.6 is 0 Å². The maximum absolute atomic E-state index is 6.26. The molecule has 0 aromatic rings. The average Bonchev–Trinajstić information content (AvgIpc) is 2.71. The number of rotatable bonds is 14. The molecule has 0 amide bonds. The molecule has 3 nitrogen and oxygen atoms in total. The zero-order valence-corrected chi connectivity index (χ0v) is 21.8. The van der Waals surface area contributed by atoms with Crippen molar-refractivity contribution < 1.29 is 13.6 Å². The maximum Gasteiger partial charge on any atom is 0.385 e. The second-order valence-electron chi connectivity index (χ2n) is 10.5. The molecule has 0 atom stereocenters. The average molecular weight is 440 g/mol. The smallest absolute Gasteiger partial charge is 0.385 e. The Balaban J connectivity index is 1.55. The summed E-state index contributed by atoms with van der Waals surface area (Å²) in [5.74, 6) is 3.04. The molecule has 2 fully saturated rings. The van der Waals surface area contributed by atoms with E-state index in [1.165, 1.54) is 77.0 Å². The molecule has 30 heavy (non-hydrogen) atoms. The molecule has 0 N–H and O–H groups in total. The summed E-state index contributed by atoms with van der Waals surface area (Å²) in [5.41, 5.74) is 0. The molecule has 1 radical (unpaired) electrons. The highest BCUT2D eigenvalue weighted by Gasteiger charge is 2.31. The standard InChI is InChI=1S/C26H51O3Si/c1-6-7-8-10-23-11-13-24(14-12-23)25-15-17-26(18-16-25)27-19-9-20-30(28-21(2)3)29-22(4)5/h21-26H,6-20H2,1-5H3. The van der Waals surface area contributed by atoms with Crippen molar-refractivity contribution >= 4 is 9.28 Å². The SMILES string of the molecule is CCCCCC1CCC(C2CCC(OCCC[Si](OC(C)C)OC(C)C)CC2)CC1. The highest BCUT2D eigenvalue weighted by molar-refractivity contribution is 6.44. The molecule has 2 rings (SSSR count). The van der Waals surface area contributed by atoms with Gasteiger partial charge in [-0.2, -0.15) is 0 Å². The molecule has 0 saturated heterocycles. The lowest BCUT2D eigenvalue weighted by Crippen LogP contribution is -2.30. The van der Waals surface area contributed by atoms with Gasteiger partial charge >= 0.3 is 9.28 Å². The van der Waals surface area contributed by atoms with Gasteiger partial charge in [-0.25, -0.2) is 0 Å². The van der Waals surface area contributed by atoms with Crippen LogP contribution in [-0.2, 0) is 13.6 Å². The first-order valence-electron chi connectivity index (χ1n) is 13.3. The number of unbranched alkanes of at least 4 members (excludes halogenated alkanes) is 2. The van der Waals surface area contributed by atoms with Gasteiger partial charge in [-0.15, -0.1) is 0 Å². The predicted molar refractivity (Wildman–Crippen MR) is 129 cm³/mol. The van der Waals surface area contributed by atoms with Gasteiger partial charge in [0.25, 0.3) is 0 Å². The minimum Gasteiger partial charge on any atom is -0.391 e. The summed E-state index contributed by atoms with van der Waals surface area (Å²) in [7, 11) is -1.16. The van der Waals surface area contributed by atoms with Gasteiger partial charge in [-0.05, 0) is 96.4 Å². The summed E-state index contributed by atoms with van der Waals surface area (Å²) < 4.78 is 18.2. The summed E-state index contributed by atoms with van der Waals surface area (Å²) in [6.45, 7) is 11.6. The van der Waals surface area contributed by atoms with Gasteiger partial charge < -0.3 is 13.6 Å². The van der Waals surface area contributed by atoms with Crippen molar-refractivity contribution in [2.45, 2.75) is 142 Å². The molecule has 0 spiro atoms. The Labute approximate surface area is 189 Å². The van der Waals surface area contributed by atoms with Crippen LogP contribution in [0.5, 0.6) is 0 Å². The first-order valence-corrected chi connectivity index (χ1v) is 14.8. The third kappa shape index (κ3) is 10.6. The Bertz CT molecular complexity index is 403. The fourth-order valence-electron chi connectivity index (χ4n) is 5.50. The molecule has 2 aliphatic carbocycles. The predicted octanol–water partition coefficient (Wildman–Crippen LogP) is 7.68. The molecular formula is C26H51O3Si. The molecule has 2 aliphatic rings. The van der Waals surface area contributed by atoms with Gasteiger partial charge in [0.1, 0.15) is 0 Å². The summed E-state index contributed by atoms with van der Waals surface area (Å²) in [6, 6.07) is 1.03.